The molecule has 0 saturated carbocycles. The molecule has 0 aliphatic heterocycles. The highest BCUT2D eigenvalue weighted by Gasteiger charge is 2.05. The summed E-state index contributed by atoms with van der Waals surface area (Å²) in [6, 6.07) is 8.10. The van der Waals surface area contributed by atoms with E-state index in [2.05, 4.69) is 10.6 Å². The van der Waals surface area contributed by atoms with Crippen molar-refractivity contribution in [2.75, 3.05) is 12.3 Å². The van der Waals surface area contributed by atoms with Gasteiger partial charge >= 0.3 is 0 Å². The second-order valence-electron chi connectivity index (χ2n) is 3.65. The Kier molecular flexibility index (Phi) is 2.64. The molecule has 1 aromatic carbocycles. The highest BCUT2D eigenvalue weighted by atomic mass is 16.5. The molecule has 0 atom stereocenters. The zero-order valence-electron chi connectivity index (χ0n) is 9.16. The van der Waals surface area contributed by atoms with Crippen molar-refractivity contribution in [1.29, 1.82) is 0 Å². The van der Waals surface area contributed by atoms with Crippen LogP contribution in [0.25, 0.3) is 10.9 Å². The van der Waals surface area contributed by atoms with Gasteiger partial charge in [-0.25, -0.2) is 0 Å². The van der Waals surface area contributed by atoms with E-state index in [-0.39, 0.29) is 0 Å². The van der Waals surface area contributed by atoms with Crippen molar-refractivity contribution in [3.63, 3.8) is 0 Å². The first-order chi connectivity index (χ1) is 7.22. The normalized spacial score (nSPS) is 11.1. The van der Waals surface area contributed by atoms with Gasteiger partial charge in [0, 0.05) is 30.4 Å². The van der Waals surface area contributed by atoms with Gasteiger partial charge in [-0.05, 0) is 25.1 Å². The molecule has 15 heavy (non-hydrogen) atoms. The molecule has 0 radical (unpaired) electrons. The van der Waals surface area contributed by atoms with Gasteiger partial charge in [-0.2, -0.15) is 0 Å². The van der Waals surface area contributed by atoms with E-state index in [9.17, 15) is 0 Å². The molecule has 0 fully saturated rings. The highest BCUT2D eigenvalue weighted by molar-refractivity contribution is 5.84. The van der Waals surface area contributed by atoms with E-state index in [0.29, 0.717) is 6.61 Å². The van der Waals surface area contributed by atoms with Crippen LogP contribution in [0.15, 0.2) is 24.3 Å². The first kappa shape index (κ1) is 10.1. The van der Waals surface area contributed by atoms with Crippen LogP contribution < -0.4 is 5.73 Å². The van der Waals surface area contributed by atoms with Crippen molar-refractivity contribution < 1.29 is 4.74 Å². The van der Waals surface area contributed by atoms with Crippen LogP contribution in [0.4, 0.5) is 5.69 Å². The minimum Gasteiger partial charge on any atom is -0.399 e. The number of nitrogens with zero attached hydrogens (tertiary/aromatic N) is 1. The number of benzene rings is 1. The second-order valence-corrected chi connectivity index (χ2v) is 3.65. The predicted octanol–water partition coefficient (Wildman–Crippen LogP) is 2.30. The second kappa shape index (κ2) is 3.95. The van der Waals surface area contributed by atoms with Crippen LogP contribution in [-0.4, -0.2) is 11.2 Å². The standard InChI is InChI=1S/C12H16N2O/c1-3-15-8-11-6-9-4-5-10(13)7-12(9)14(11)2/h4-7H,3,8,13H2,1-2H3. The maximum absolute atomic E-state index is 5.76. The molecule has 3 heteroatoms. The molecule has 3 nitrogen and oxygen atoms in total. The van der Waals surface area contributed by atoms with Crippen LogP contribution in [0.3, 0.4) is 0 Å². The van der Waals surface area contributed by atoms with Crippen LogP contribution in [0, 0.1) is 0 Å². The predicted molar refractivity (Wildman–Crippen MR) is 62.7 cm³/mol. The number of aromatic nitrogens is 1. The molecule has 0 saturated heterocycles. The molecule has 1 aromatic heterocycles. The fraction of sp³-hybridized carbons (Fsp3) is 0.333. The number of nitrogen functional groups attached to an aromatic ring is 1. The number of ether oxygens (including phenoxy) is 1. The van der Waals surface area contributed by atoms with Crippen LogP contribution >= 0.6 is 0 Å². The first-order valence-corrected chi connectivity index (χ1v) is 5.14. The summed E-state index contributed by atoms with van der Waals surface area (Å²) in [5.74, 6) is 0. The van der Waals surface area contributed by atoms with E-state index in [4.69, 9.17) is 10.5 Å². The van der Waals surface area contributed by atoms with Gasteiger partial charge in [0.2, 0.25) is 0 Å². The SMILES string of the molecule is CCOCc1cc2ccc(N)cc2n1C. The summed E-state index contributed by atoms with van der Waals surface area (Å²) in [6.45, 7) is 3.39. The number of nitrogens with two attached hydrogens (primary N) is 1. The highest BCUT2D eigenvalue weighted by Crippen LogP contribution is 2.21. The van der Waals surface area contributed by atoms with Crippen LogP contribution in [-0.2, 0) is 18.4 Å². The van der Waals surface area contributed by atoms with Crippen molar-refractivity contribution in [3.8, 4) is 0 Å². The molecular weight excluding hydrogens is 188 g/mol. The monoisotopic (exact) mass is 204 g/mol. The number of aryl methyl sites for hydroxylation is 1. The maximum atomic E-state index is 5.76. The molecule has 2 N–H and O–H groups in total. The minimum absolute atomic E-state index is 0.654. The van der Waals surface area contributed by atoms with Gasteiger partial charge in [0.1, 0.15) is 0 Å². The number of anilines is 1. The Labute approximate surface area is 89.4 Å². The van der Waals surface area contributed by atoms with E-state index >= 15 is 0 Å². The quantitative estimate of drug-likeness (QED) is 0.779. The molecule has 2 rings (SSSR count). The van der Waals surface area contributed by atoms with Crippen molar-refractivity contribution >= 4 is 16.6 Å². The van der Waals surface area contributed by atoms with Crippen molar-refractivity contribution in [2.24, 2.45) is 7.05 Å². The molecule has 0 unspecified atom stereocenters. The third-order valence-electron chi connectivity index (χ3n) is 2.62. The number of hydrogen-bond donors (Lipinski definition) is 1. The van der Waals surface area contributed by atoms with Crippen LogP contribution in [0.1, 0.15) is 12.6 Å². The van der Waals surface area contributed by atoms with Crippen molar-refractivity contribution in [3.05, 3.63) is 30.0 Å². The molecule has 1 heterocycles. The van der Waals surface area contributed by atoms with E-state index in [1.54, 1.807) is 0 Å². The van der Waals surface area contributed by atoms with Gasteiger partial charge in [0.15, 0.2) is 0 Å². The Hall–Kier alpha value is -1.48. The minimum atomic E-state index is 0.654. The van der Waals surface area contributed by atoms with Crippen molar-refractivity contribution in [1.82, 2.24) is 4.57 Å². The number of hydrogen-bond acceptors (Lipinski definition) is 2. The molecule has 0 spiro atoms. The Morgan fingerprint density at radius 2 is 2.13 bits per heavy atom. The molecule has 2 aromatic rings. The lowest BCUT2D eigenvalue weighted by Gasteiger charge is -2.04. The summed E-state index contributed by atoms with van der Waals surface area (Å²) in [6.07, 6.45) is 0. The van der Waals surface area contributed by atoms with Gasteiger partial charge in [-0.3, -0.25) is 0 Å². The average Bonchev–Trinajstić information content (AvgIpc) is 2.53. The Morgan fingerprint density at radius 1 is 1.33 bits per heavy atom. The summed E-state index contributed by atoms with van der Waals surface area (Å²) in [7, 11) is 2.04. The Bertz CT molecular complexity index is 474. The summed E-state index contributed by atoms with van der Waals surface area (Å²) in [5.41, 5.74) is 8.89. The summed E-state index contributed by atoms with van der Waals surface area (Å²) in [5, 5.41) is 1.21. The third-order valence-corrected chi connectivity index (χ3v) is 2.62. The van der Waals surface area contributed by atoms with Gasteiger partial charge in [0.25, 0.3) is 0 Å². The molecule has 0 amide bonds. The molecule has 0 aliphatic carbocycles. The molecule has 0 aliphatic rings. The fourth-order valence-electron chi connectivity index (χ4n) is 1.75. The smallest absolute Gasteiger partial charge is 0.0867 e. The van der Waals surface area contributed by atoms with Gasteiger partial charge in [0.05, 0.1) is 12.1 Å². The van der Waals surface area contributed by atoms with E-state index in [1.165, 1.54) is 11.1 Å². The average molecular weight is 204 g/mol. The summed E-state index contributed by atoms with van der Waals surface area (Å²) < 4.78 is 7.53. The first-order valence-electron chi connectivity index (χ1n) is 5.14. The Balaban J connectivity index is 2.45. The number of rotatable bonds is 3. The lowest BCUT2D eigenvalue weighted by atomic mass is 10.2. The lowest BCUT2D eigenvalue weighted by Crippen LogP contribution is -1.99. The van der Waals surface area contributed by atoms with Gasteiger partial charge in [-0.15, -0.1) is 0 Å². The van der Waals surface area contributed by atoms with Gasteiger partial charge < -0.3 is 15.0 Å². The van der Waals surface area contributed by atoms with Crippen molar-refractivity contribution in [2.45, 2.75) is 13.5 Å². The van der Waals surface area contributed by atoms with E-state index in [1.807, 2.05) is 32.2 Å². The van der Waals surface area contributed by atoms with E-state index < -0.39 is 0 Å². The van der Waals surface area contributed by atoms with E-state index in [0.717, 1.165) is 17.8 Å². The topological polar surface area (TPSA) is 40.2 Å². The van der Waals surface area contributed by atoms with Crippen LogP contribution in [0.2, 0.25) is 0 Å². The fourth-order valence-corrected chi connectivity index (χ4v) is 1.75. The van der Waals surface area contributed by atoms with Crippen LogP contribution in [0.5, 0.6) is 0 Å². The summed E-state index contributed by atoms with van der Waals surface area (Å²) >= 11 is 0. The largest absolute Gasteiger partial charge is 0.399 e. The molecular formula is C12H16N2O. The summed E-state index contributed by atoms with van der Waals surface area (Å²) in [4.78, 5) is 0. The molecule has 0 bridgehead atoms. The Morgan fingerprint density at radius 3 is 2.87 bits per heavy atom. The number of fused-ring (bicyclic) bond motifs is 1. The maximum Gasteiger partial charge on any atom is 0.0867 e. The molecule has 80 valence electrons. The zero-order valence-corrected chi connectivity index (χ0v) is 9.16. The zero-order chi connectivity index (χ0) is 10.8. The lowest BCUT2D eigenvalue weighted by molar-refractivity contribution is 0.129. The van der Waals surface area contributed by atoms with Gasteiger partial charge in [-0.1, -0.05) is 6.07 Å². The third kappa shape index (κ3) is 1.83.